The highest BCUT2D eigenvalue weighted by Crippen LogP contribution is 2.46. The lowest BCUT2D eigenvalue weighted by Crippen LogP contribution is -2.05. The summed E-state index contributed by atoms with van der Waals surface area (Å²) in [5.41, 5.74) is -0.300. The summed E-state index contributed by atoms with van der Waals surface area (Å²) >= 11 is 0. The van der Waals surface area contributed by atoms with Gasteiger partial charge < -0.3 is 13.9 Å². The molecule has 1 aromatic heterocycles. The minimum atomic E-state index is -0.300. The number of hydrogen-bond donors (Lipinski definition) is 0. The van der Waals surface area contributed by atoms with E-state index < -0.39 is 0 Å². The van der Waals surface area contributed by atoms with Crippen molar-refractivity contribution in [3.8, 4) is 0 Å². The normalized spacial score (nSPS) is 18.5. The third-order valence-corrected chi connectivity index (χ3v) is 2.45. The average Bonchev–Trinajstić information content (AvgIpc) is 2.82. The molecule has 0 aliphatic heterocycles. The van der Waals surface area contributed by atoms with Crippen molar-refractivity contribution in [2.75, 3.05) is 7.11 Å². The van der Waals surface area contributed by atoms with E-state index in [1.807, 2.05) is 12.1 Å². The lowest BCUT2D eigenvalue weighted by atomic mass is 10.1. The van der Waals surface area contributed by atoms with Gasteiger partial charge >= 0.3 is 0 Å². The van der Waals surface area contributed by atoms with Crippen molar-refractivity contribution in [3.63, 3.8) is 0 Å². The van der Waals surface area contributed by atoms with Gasteiger partial charge in [-0.1, -0.05) is 0 Å². The summed E-state index contributed by atoms with van der Waals surface area (Å²) in [7, 11) is 1.62. The quantitative estimate of drug-likeness (QED) is 0.661. The van der Waals surface area contributed by atoms with Crippen LogP contribution in [0.1, 0.15) is 24.4 Å². The van der Waals surface area contributed by atoms with E-state index in [4.69, 9.17) is 9.15 Å². The smallest absolute Gasteiger partial charge is 0.133 e. The minimum Gasteiger partial charge on any atom is -0.463 e. The Balaban J connectivity index is 2.17. The molecule has 1 aliphatic carbocycles. The zero-order valence-electron chi connectivity index (χ0n) is 7.58. The molecule has 3 heteroatoms. The molecule has 0 bridgehead atoms. The second kappa shape index (κ2) is 3.00. The number of methoxy groups -OCH3 is 1. The van der Waals surface area contributed by atoms with E-state index >= 15 is 0 Å². The van der Waals surface area contributed by atoms with Gasteiger partial charge in [0, 0.05) is 7.11 Å². The van der Waals surface area contributed by atoms with Crippen LogP contribution in [-0.4, -0.2) is 13.4 Å². The van der Waals surface area contributed by atoms with E-state index in [-0.39, 0.29) is 5.41 Å². The van der Waals surface area contributed by atoms with Crippen molar-refractivity contribution >= 4 is 6.29 Å². The third kappa shape index (κ3) is 1.40. The second-order valence-corrected chi connectivity index (χ2v) is 3.47. The van der Waals surface area contributed by atoms with Gasteiger partial charge in [0.05, 0.1) is 5.41 Å². The van der Waals surface area contributed by atoms with Crippen LogP contribution in [0, 0.1) is 0 Å². The maximum Gasteiger partial charge on any atom is 0.133 e. The second-order valence-electron chi connectivity index (χ2n) is 3.47. The van der Waals surface area contributed by atoms with Crippen LogP contribution < -0.4 is 0 Å². The van der Waals surface area contributed by atoms with Crippen LogP contribution in [0.3, 0.4) is 0 Å². The van der Waals surface area contributed by atoms with Crippen molar-refractivity contribution < 1.29 is 13.9 Å². The van der Waals surface area contributed by atoms with E-state index in [1.165, 1.54) is 0 Å². The Morgan fingerprint density at radius 1 is 1.62 bits per heavy atom. The molecule has 1 aliphatic rings. The van der Waals surface area contributed by atoms with Crippen LogP contribution in [0.2, 0.25) is 0 Å². The Labute approximate surface area is 76.7 Å². The van der Waals surface area contributed by atoms with Crippen LogP contribution >= 0.6 is 0 Å². The molecule has 0 aromatic carbocycles. The van der Waals surface area contributed by atoms with Crippen molar-refractivity contribution in [2.24, 2.45) is 0 Å². The maximum atomic E-state index is 10.8. The average molecular weight is 180 g/mol. The summed E-state index contributed by atoms with van der Waals surface area (Å²) in [4.78, 5) is 10.8. The largest absolute Gasteiger partial charge is 0.463 e. The molecule has 1 fully saturated rings. The molecule has 0 unspecified atom stereocenters. The number of carbonyl (C=O) groups excluding carboxylic acids is 1. The summed E-state index contributed by atoms with van der Waals surface area (Å²) in [5, 5.41) is 0. The highest BCUT2D eigenvalue weighted by molar-refractivity contribution is 5.71. The topological polar surface area (TPSA) is 39.4 Å². The van der Waals surface area contributed by atoms with Crippen LogP contribution in [0.15, 0.2) is 16.5 Å². The summed E-state index contributed by atoms with van der Waals surface area (Å²) in [6, 6.07) is 3.73. The minimum absolute atomic E-state index is 0.300. The fourth-order valence-corrected chi connectivity index (χ4v) is 1.42. The highest BCUT2D eigenvalue weighted by Gasteiger charge is 2.47. The Kier molecular flexibility index (Phi) is 1.96. The maximum absolute atomic E-state index is 10.8. The van der Waals surface area contributed by atoms with Crippen molar-refractivity contribution in [1.29, 1.82) is 0 Å². The van der Waals surface area contributed by atoms with Gasteiger partial charge in [0.2, 0.25) is 0 Å². The molecule has 13 heavy (non-hydrogen) atoms. The van der Waals surface area contributed by atoms with Crippen molar-refractivity contribution in [3.05, 3.63) is 23.7 Å². The molecule has 1 saturated carbocycles. The van der Waals surface area contributed by atoms with Gasteiger partial charge in [-0.15, -0.1) is 0 Å². The fourth-order valence-electron chi connectivity index (χ4n) is 1.42. The summed E-state index contributed by atoms with van der Waals surface area (Å²) < 4.78 is 10.4. The van der Waals surface area contributed by atoms with Crippen molar-refractivity contribution in [1.82, 2.24) is 0 Å². The first-order chi connectivity index (χ1) is 6.30. The number of carbonyl (C=O) groups is 1. The molecule has 0 spiro atoms. The molecule has 2 rings (SSSR count). The SMILES string of the molecule is COCc1ccc(C2(C=O)CC2)o1. The lowest BCUT2D eigenvalue weighted by molar-refractivity contribution is -0.110. The Morgan fingerprint density at radius 2 is 2.38 bits per heavy atom. The zero-order chi connectivity index (χ0) is 9.31. The lowest BCUT2D eigenvalue weighted by Gasteiger charge is -2.00. The molecule has 0 N–H and O–H groups in total. The first kappa shape index (κ1) is 8.51. The van der Waals surface area contributed by atoms with Gasteiger partial charge in [0.25, 0.3) is 0 Å². The number of ether oxygens (including phenoxy) is 1. The monoisotopic (exact) mass is 180 g/mol. The van der Waals surface area contributed by atoms with E-state index in [0.29, 0.717) is 6.61 Å². The summed E-state index contributed by atoms with van der Waals surface area (Å²) in [5.74, 6) is 1.57. The van der Waals surface area contributed by atoms with Crippen LogP contribution in [-0.2, 0) is 21.6 Å². The molecule has 0 amide bonds. The summed E-state index contributed by atoms with van der Waals surface area (Å²) in [6.45, 7) is 0.467. The number of hydrogen-bond acceptors (Lipinski definition) is 3. The standard InChI is InChI=1S/C10H12O3/c1-12-6-8-2-3-9(13-8)10(7-11)4-5-10/h2-3,7H,4-6H2,1H3. The van der Waals surface area contributed by atoms with E-state index in [9.17, 15) is 4.79 Å². The van der Waals surface area contributed by atoms with Gasteiger partial charge in [0.1, 0.15) is 24.4 Å². The van der Waals surface area contributed by atoms with E-state index in [0.717, 1.165) is 30.6 Å². The molecule has 1 heterocycles. The van der Waals surface area contributed by atoms with Crippen LogP contribution in [0.4, 0.5) is 0 Å². The van der Waals surface area contributed by atoms with Crippen molar-refractivity contribution in [2.45, 2.75) is 24.9 Å². The Morgan fingerprint density at radius 3 is 2.92 bits per heavy atom. The number of rotatable bonds is 4. The molecule has 0 radical (unpaired) electrons. The summed E-state index contributed by atoms with van der Waals surface area (Å²) in [6.07, 6.45) is 2.81. The molecule has 0 atom stereocenters. The number of aldehydes is 1. The first-order valence-electron chi connectivity index (χ1n) is 4.35. The molecule has 1 aromatic rings. The van der Waals surface area contributed by atoms with E-state index in [1.54, 1.807) is 7.11 Å². The predicted octanol–water partition coefficient (Wildman–Crippen LogP) is 1.66. The molecular formula is C10H12O3. The fraction of sp³-hybridized carbons (Fsp3) is 0.500. The zero-order valence-corrected chi connectivity index (χ0v) is 7.58. The van der Waals surface area contributed by atoms with Crippen LogP contribution in [0.5, 0.6) is 0 Å². The van der Waals surface area contributed by atoms with Crippen LogP contribution in [0.25, 0.3) is 0 Å². The van der Waals surface area contributed by atoms with Gasteiger partial charge in [-0.2, -0.15) is 0 Å². The van der Waals surface area contributed by atoms with Gasteiger partial charge in [0.15, 0.2) is 0 Å². The number of furan rings is 1. The molecular weight excluding hydrogens is 168 g/mol. The molecule has 0 saturated heterocycles. The van der Waals surface area contributed by atoms with Gasteiger partial charge in [-0.05, 0) is 25.0 Å². The molecule has 70 valence electrons. The van der Waals surface area contributed by atoms with E-state index in [2.05, 4.69) is 0 Å². The van der Waals surface area contributed by atoms with Gasteiger partial charge in [-0.3, -0.25) is 0 Å². The predicted molar refractivity (Wildman–Crippen MR) is 46.4 cm³/mol. The molecule has 3 nitrogen and oxygen atoms in total. The Bertz CT molecular complexity index is 310. The van der Waals surface area contributed by atoms with Gasteiger partial charge in [-0.25, -0.2) is 0 Å². The highest BCUT2D eigenvalue weighted by atomic mass is 16.5. The first-order valence-corrected chi connectivity index (χ1v) is 4.35. The Hall–Kier alpha value is -1.09. The third-order valence-electron chi connectivity index (χ3n) is 2.45.